The summed E-state index contributed by atoms with van der Waals surface area (Å²) in [6, 6.07) is 7.59. The summed E-state index contributed by atoms with van der Waals surface area (Å²) in [5.74, 6) is 0. The monoisotopic (exact) mass is 271 g/mol. The summed E-state index contributed by atoms with van der Waals surface area (Å²) in [6.07, 6.45) is 3.56. The van der Waals surface area contributed by atoms with Crippen molar-refractivity contribution >= 4 is 23.4 Å². The van der Waals surface area contributed by atoms with Gasteiger partial charge in [-0.05, 0) is 33.7 Å². The number of hydrogen-bond donors (Lipinski definition) is 0. The fraction of sp³-hybridized carbons (Fsp3) is 0.182. The predicted octanol–water partition coefficient (Wildman–Crippen LogP) is 1.70. The first-order valence-electron chi connectivity index (χ1n) is 4.90. The second-order valence-corrected chi connectivity index (χ2v) is 4.63. The molecule has 4 nitrogen and oxygen atoms in total. The molecule has 0 unspecified atom stereocenters. The van der Waals surface area contributed by atoms with E-state index in [9.17, 15) is 0 Å². The standard InChI is InChI=1S/C11H12ClN2O2S/c1-15-13-7-8-14(16-2)11(13)17-10-5-3-9(12)4-6-10/h3-8H,1-2H3/q+1. The van der Waals surface area contributed by atoms with E-state index in [4.69, 9.17) is 21.3 Å². The first kappa shape index (κ1) is 12.1. The number of benzene rings is 1. The third-order valence-electron chi connectivity index (χ3n) is 2.13. The third kappa shape index (κ3) is 2.68. The SMILES string of the molecule is COn1cc[n+](OC)c1Sc1ccc(Cl)cc1. The molecule has 0 aliphatic heterocycles. The molecule has 6 heteroatoms. The zero-order chi connectivity index (χ0) is 12.3. The lowest BCUT2D eigenvalue weighted by atomic mass is 10.4. The van der Waals surface area contributed by atoms with E-state index in [1.54, 1.807) is 36.1 Å². The quantitative estimate of drug-likeness (QED) is 0.792. The molecule has 0 spiro atoms. The van der Waals surface area contributed by atoms with Crippen molar-refractivity contribution in [1.29, 1.82) is 0 Å². The van der Waals surface area contributed by atoms with E-state index >= 15 is 0 Å². The number of halogens is 1. The van der Waals surface area contributed by atoms with Crippen molar-refractivity contribution in [3.63, 3.8) is 0 Å². The minimum atomic E-state index is 0.719. The van der Waals surface area contributed by atoms with E-state index in [1.165, 1.54) is 11.8 Å². The van der Waals surface area contributed by atoms with Crippen LogP contribution in [0.4, 0.5) is 0 Å². The average Bonchev–Trinajstić information content (AvgIpc) is 2.74. The van der Waals surface area contributed by atoms with Crippen LogP contribution in [0.5, 0.6) is 0 Å². The van der Waals surface area contributed by atoms with Crippen LogP contribution in [0.25, 0.3) is 0 Å². The first-order chi connectivity index (χ1) is 8.24. The zero-order valence-electron chi connectivity index (χ0n) is 9.46. The summed E-state index contributed by atoms with van der Waals surface area (Å²) in [5.41, 5.74) is 0. The normalized spacial score (nSPS) is 10.3. The Labute approximate surface area is 109 Å². The second kappa shape index (κ2) is 5.33. The summed E-state index contributed by atoms with van der Waals surface area (Å²) in [7, 11) is 3.21. The van der Waals surface area contributed by atoms with Crippen LogP contribution < -0.4 is 14.4 Å². The van der Waals surface area contributed by atoms with Crippen LogP contribution in [0.3, 0.4) is 0 Å². The first-order valence-corrected chi connectivity index (χ1v) is 6.09. The number of nitrogens with zero attached hydrogens (tertiary/aromatic N) is 2. The summed E-state index contributed by atoms with van der Waals surface area (Å²) >= 11 is 7.36. The Morgan fingerprint density at radius 1 is 1.24 bits per heavy atom. The molecule has 2 aromatic rings. The molecule has 0 aliphatic carbocycles. The highest BCUT2D eigenvalue weighted by molar-refractivity contribution is 7.99. The van der Waals surface area contributed by atoms with Crippen molar-refractivity contribution in [3.8, 4) is 0 Å². The van der Waals surface area contributed by atoms with E-state index < -0.39 is 0 Å². The highest BCUT2D eigenvalue weighted by atomic mass is 35.5. The Morgan fingerprint density at radius 3 is 2.53 bits per heavy atom. The fourth-order valence-corrected chi connectivity index (χ4v) is 2.38. The summed E-state index contributed by atoms with van der Waals surface area (Å²) in [5, 5.41) is 1.54. The summed E-state index contributed by atoms with van der Waals surface area (Å²) < 4.78 is 3.26. The van der Waals surface area contributed by atoms with Crippen molar-refractivity contribution < 1.29 is 14.4 Å². The van der Waals surface area contributed by atoms with E-state index in [1.807, 2.05) is 24.3 Å². The van der Waals surface area contributed by atoms with Crippen LogP contribution in [0.1, 0.15) is 0 Å². The van der Waals surface area contributed by atoms with Crippen LogP contribution in [0, 0.1) is 0 Å². The maximum Gasteiger partial charge on any atom is 0.401 e. The Kier molecular flexibility index (Phi) is 3.81. The van der Waals surface area contributed by atoms with Gasteiger partial charge in [0, 0.05) is 21.7 Å². The molecule has 2 rings (SSSR count). The van der Waals surface area contributed by atoms with Crippen molar-refractivity contribution in [3.05, 3.63) is 41.7 Å². The Bertz CT molecular complexity index is 477. The number of hydrogen-bond acceptors (Lipinski definition) is 3. The summed E-state index contributed by atoms with van der Waals surface area (Å²) in [6.45, 7) is 0. The average molecular weight is 272 g/mol. The van der Waals surface area contributed by atoms with Gasteiger partial charge in [0.2, 0.25) is 0 Å². The number of imidazole rings is 1. The van der Waals surface area contributed by atoms with Gasteiger partial charge in [-0.15, -0.1) is 0 Å². The maximum atomic E-state index is 5.84. The molecular formula is C11H12ClN2O2S+. The van der Waals surface area contributed by atoms with Gasteiger partial charge in [-0.3, -0.25) is 0 Å². The van der Waals surface area contributed by atoms with Gasteiger partial charge in [0.05, 0.1) is 0 Å². The predicted molar refractivity (Wildman–Crippen MR) is 65.2 cm³/mol. The van der Waals surface area contributed by atoms with Crippen LogP contribution in [0.15, 0.2) is 46.7 Å². The lowest BCUT2D eigenvalue weighted by molar-refractivity contribution is -0.914. The Morgan fingerprint density at radius 2 is 1.94 bits per heavy atom. The molecule has 1 heterocycles. The molecule has 0 bridgehead atoms. The van der Waals surface area contributed by atoms with Crippen LogP contribution in [-0.4, -0.2) is 19.0 Å². The highest BCUT2D eigenvalue weighted by Crippen LogP contribution is 2.25. The molecule has 17 heavy (non-hydrogen) atoms. The zero-order valence-corrected chi connectivity index (χ0v) is 11.0. The van der Waals surface area contributed by atoms with Gasteiger partial charge in [0.25, 0.3) is 0 Å². The molecule has 0 radical (unpaired) electrons. The van der Waals surface area contributed by atoms with E-state index in [0.717, 1.165) is 15.1 Å². The molecule has 0 saturated heterocycles. The Balaban J connectivity index is 2.28. The molecule has 0 atom stereocenters. The minimum Gasteiger partial charge on any atom is -0.338 e. The summed E-state index contributed by atoms with van der Waals surface area (Å²) in [4.78, 5) is 11.4. The lowest BCUT2D eigenvalue weighted by Gasteiger charge is -2.01. The fourth-order valence-electron chi connectivity index (χ4n) is 1.32. The minimum absolute atomic E-state index is 0.719. The van der Waals surface area contributed by atoms with Gasteiger partial charge in [-0.1, -0.05) is 11.6 Å². The molecule has 0 saturated carbocycles. The topological polar surface area (TPSA) is 27.3 Å². The second-order valence-electron chi connectivity index (χ2n) is 3.15. The van der Waals surface area contributed by atoms with Crippen molar-refractivity contribution in [2.24, 2.45) is 0 Å². The highest BCUT2D eigenvalue weighted by Gasteiger charge is 2.20. The van der Waals surface area contributed by atoms with Crippen molar-refractivity contribution in [2.45, 2.75) is 10.1 Å². The molecule has 0 N–H and O–H groups in total. The van der Waals surface area contributed by atoms with Crippen LogP contribution in [-0.2, 0) is 0 Å². The van der Waals surface area contributed by atoms with Crippen LogP contribution in [0.2, 0.25) is 5.02 Å². The smallest absolute Gasteiger partial charge is 0.338 e. The molecule has 90 valence electrons. The van der Waals surface area contributed by atoms with Gasteiger partial charge in [0.15, 0.2) is 12.4 Å². The molecule has 0 amide bonds. The molecular weight excluding hydrogens is 260 g/mol. The molecule has 0 aliphatic rings. The molecule has 0 fully saturated rings. The largest absolute Gasteiger partial charge is 0.401 e. The van der Waals surface area contributed by atoms with Crippen LogP contribution >= 0.6 is 23.4 Å². The van der Waals surface area contributed by atoms with Gasteiger partial charge < -0.3 is 9.68 Å². The number of rotatable bonds is 4. The maximum absolute atomic E-state index is 5.84. The van der Waals surface area contributed by atoms with Gasteiger partial charge >= 0.3 is 5.16 Å². The van der Waals surface area contributed by atoms with E-state index in [2.05, 4.69) is 0 Å². The van der Waals surface area contributed by atoms with Crippen molar-refractivity contribution in [1.82, 2.24) is 4.73 Å². The molecule has 1 aromatic carbocycles. The van der Waals surface area contributed by atoms with E-state index in [-0.39, 0.29) is 0 Å². The lowest BCUT2D eigenvalue weighted by Crippen LogP contribution is -2.41. The van der Waals surface area contributed by atoms with Crippen molar-refractivity contribution in [2.75, 3.05) is 14.2 Å². The molecule has 1 aromatic heterocycles. The third-order valence-corrected chi connectivity index (χ3v) is 3.43. The number of aromatic nitrogens is 2. The van der Waals surface area contributed by atoms with Gasteiger partial charge in [0.1, 0.15) is 14.2 Å². The van der Waals surface area contributed by atoms with Gasteiger partial charge in [-0.25, -0.2) is 0 Å². The van der Waals surface area contributed by atoms with Gasteiger partial charge in [-0.2, -0.15) is 0 Å². The Hall–Kier alpha value is -1.33. The van der Waals surface area contributed by atoms with E-state index in [0.29, 0.717) is 0 Å².